The molecule has 0 saturated heterocycles. The Morgan fingerprint density at radius 3 is 2.52 bits per heavy atom. The molecular weight excluding hydrogens is 282 g/mol. The van der Waals surface area contributed by atoms with Gasteiger partial charge in [-0.1, -0.05) is 30.3 Å². The number of rotatable bonds is 2. The topological polar surface area (TPSA) is 20.2 Å². The van der Waals surface area contributed by atoms with E-state index in [0.717, 1.165) is 6.54 Å². The summed E-state index contributed by atoms with van der Waals surface area (Å²) in [4.78, 5) is 2.13. The zero-order valence-electron chi connectivity index (χ0n) is 13.5. The molecular formula is C20H21N3. The average Bonchev–Trinajstić information content (AvgIpc) is 2.99. The fraction of sp³-hybridized carbons (Fsp3) is 0.200. The van der Waals surface area contributed by atoms with Crippen LogP contribution in [0.25, 0.3) is 5.69 Å². The molecule has 1 atom stereocenters. The molecule has 1 aromatic heterocycles. The number of anilines is 1. The van der Waals surface area contributed by atoms with Crippen LogP contribution in [-0.2, 0) is 6.54 Å². The van der Waals surface area contributed by atoms with Crippen molar-refractivity contribution in [2.24, 2.45) is 0 Å². The first-order valence-electron chi connectivity index (χ1n) is 8.00. The standard InChI is InChI=1S/C20H21N3/c1-22(2)17-11-9-15(10-12-17)20-19-8-5-13-23(19)18-7-4-3-6-16(18)14-21-20/h3-13,20-21H,14H2,1-2H3/t20-/m1/s1. The number of benzene rings is 2. The lowest BCUT2D eigenvalue weighted by atomic mass is 10.0. The highest BCUT2D eigenvalue weighted by Gasteiger charge is 2.22. The Labute approximate surface area is 137 Å². The SMILES string of the molecule is CN(C)c1ccc([C@H]2NCc3ccccc3-n3cccc32)cc1. The van der Waals surface area contributed by atoms with E-state index in [0.29, 0.717) is 0 Å². The summed E-state index contributed by atoms with van der Waals surface area (Å²) in [5.74, 6) is 0. The summed E-state index contributed by atoms with van der Waals surface area (Å²) in [5, 5.41) is 3.71. The number of nitrogens with one attached hydrogen (secondary N) is 1. The van der Waals surface area contributed by atoms with Gasteiger partial charge in [0.2, 0.25) is 0 Å². The number of para-hydroxylation sites is 1. The van der Waals surface area contributed by atoms with Gasteiger partial charge in [-0.15, -0.1) is 0 Å². The normalized spacial score (nSPS) is 16.3. The number of aromatic nitrogens is 1. The van der Waals surface area contributed by atoms with Crippen LogP contribution >= 0.6 is 0 Å². The van der Waals surface area contributed by atoms with Crippen LogP contribution in [0.4, 0.5) is 5.69 Å². The third-order valence-electron chi connectivity index (χ3n) is 4.57. The summed E-state index contributed by atoms with van der Waals surface area (Å²) in [5.41, 5.74) is 6.40. The highest BCUT2D eigenvalue weighted by molar-refractivity contribution is 5.50. The van der Waals surface area contributed by atoms with Crippen LogP contribution in [0.2, 0.25) is 0 Å². The lowest BCUT2D eigenvalue weighted by molar-refractivity contribution is 0.601. The van der Waals surface area contributed by atoms with E-state index in [1.807, 2.05) is 0 Å². The van der Waals surface area contributed by atoms with Gasteiger partial charge in [0.1, 0.15) is 0 Å². The quantitative estimate of drug-likeness (QED) is 0.778. The molecule has 3 heteroatoms. The maximum Gasteiger partial charge on any atom is 0.0737 e. The van der Waals surface area contributed by atoms with Crippen molar-refractivity contribution in [2.45, 2.75) is 12.6 Å². The third kappa shape index (κ3) is 2.43. The van der Waals surface area contributed by atoms with Gasteiger partial charge in [-0.2, -0.15) is 0 Å². The zero-order chi connectivity index (χ0) is 15.8. The monoisotopic (exact) mass is 303 g/mol. The molecule has 0 aliphatic carbocycles. The minimum Gasteiger partial charge on any atom is -0.378 e. The van der Waals surface area contributed by atoms with Gasteiger partial charge in [0.25, 0.3) is 0 Å². The Balaban J connectivity index is 1.77. The van der Waals surface area contributed by atoms with Crippen molar-refractivity contribution in [2.75, 3.05) is 19.0 Å². The van der Waals surface area contributed by atoms with E-state index in [1.54, 1.807) is 0 Å². The molecule has 0 unspecified atom stereocenters. The van der Waals surface area contributed by atoms with Crippen LogP contribution in [0.15, 0.2) is 66.9 Å². The molecule has 4 rings (SSSR count). The van der Waals surface area contributed by atoms with Gasteiger partial charge >= 0.3 is 0 Å². The summed E-state index contributed by atoms with van der Waals surface area (Å²) < 4.78 is 2.31. The first-order valence-corrected chi connectivity index (χ1v) is 8.00. The molecule has 1 aliphatic heterocycles. The molecule has 2 aromatic carbocycles. The summed E-state index contributed by atoms with van der Waals surface area (Å²) in [6.07, 6.45) is 2.16. The second-order valence-electron chi connectivity index (χ2n) is 6.23. The second-order valence-corrected chi connectivity index (χ2v) is 6.23. The highest BCUT2D eigenvalue weighted by Crippen LogP contribution is 2.31. The number of nitrogens with zero attached hydrogens (tertiary/aromatic N) is 2. The van der Waals surface area contributed by atoms with Crippen LogP contribution in [0.1, 0.15) is 22.9 Å². The Morgan fingerprint density at radius 2 is 1.74 bits per heavy atom. The molecule has 0 radical (unpaired) electrons. The van der Waals surface area contributed by atoms with Crippen molar-refractivity contribution in [3.63, 3.8) is 0 Å². The summed E-state index contributed by atoms with van der Waals surface area (Å²) in [6.45, 7) is 0.873. The first kappa shape index (κ1) is 14.1. The predicted molar refractivity (Wildman–Crippen MR) is 95.2 cm³/mol. The minimum atomic E-state index is 0.202. The van der Waals surface area contributed by atoms with Gasteiger partial charge in [-0.3, -0.25) is 0 Å². The minimum absolute atomic E-state index is 0.202. The smallest absolute Gasteiger partial charge is 0.0737 e. The van der Waals surface area contributed by atoms with Crippen LogP contribution < -0.4 is 10.2 Å². The van der Waals surface area contributed by atoms with Gasteiger partial charge < -0.3 is 14.8 Å². The van der Waals surface area contributed by atoms with Gasteiger partial charge in [0.15, 0.2) is 0 Å². The van der Waals surface area contributed by atoms with Crippen LogP contribution in [-0.4, -0.2) is 18.7 Å². The molecule has 0 fully saturated rings. The van der Waals surface area contributed by atoms with E-state index in [2.05, 4.69) is 95.7 Å². The maximum absolute atomic E-state index is 3.71. The van der Waals surface area contributed by atoms with Crippen molar-refractivity contribution in [1.82, 2.24) is 9.88 Å². The Hall–Kier alpha value is -2.52. The van der Waals surface area contributed by atoms with Crippen molar-refractivity contribution >= 4 is 5.69 Å². The van der Waals surface area contributed by atoms with E-state index < -0.39 is 0 Å². The molecule has 3 nitrogen and oxygen atoms in total. The van der Waals surface area contributed by atoms with Crippen LogP contribution in [0.3, 0.4) is 0 Å². The van der Waals surface area contributed by atoms with Crippen molar-refractivity contribution in [1.29, 1.82) is 0 Å². The van der Waals surface area contributed by atoms with Gasteiger partial charge in [0.05, 0.1) is 6.04 Å². The maximum atomic E-state index is 3.71. The fourth-order valence-electron chi connectivity index (χ4n) is 3.31. The Bertz CT molecular complexity index is 815. The lowest BCUT2D eigenvalue weighted by Gasteiger charge is -2.19. The predicted octanol–water partition coefficient (Wildman–Crippen LogP) is 3.74. The van der Waals surface area contributed by atoms with E-state index in [9.17, 15) is 0 Å². The van der Waals surface area contributed by atoms with E-state index in [-0.39, 0.29) is 6.04 Å². The van der Waals surface area contributed by atoms with Crippen LogP contribution in [0, 0.1) is 0 Å². The molecule has 0 amide bonds. The Kier molecular flexibility index (Phi) is 3.43. The first-order chi connectivity index (χ1) is 11.2. The number of fused-ring (bicyclic) bond motifs is 3. The van der Waals surface area contributed by atoms with E-state index >= 15 is 0 Å². The number of hydrogen-bond donors (Lipinski definition) is 1. The van der Waals surface area contributed by atoms with E-state index in [4.69, 9.17) is 0 Å². The van der Waals surface area contributed by atoms with Gasteiger partial charge in [0, 0.05) is 43.9 Å². The highest BCUT2D eigenvalue weighted by atomic mass is 15.1. The molecule has 23 heavy (non-hydrogen) atoms. The molecule has 0 saturated carbocycles. The van der Waals surface area contributed by atoms with Crippen molar-refractivity contribution in [3.05, 3.63) is 83.7 Å². The summed E-state index contributed by atoms with van der Waals surface area (Å²) in [7, 11) is 4.14. The van der Waals surface area contributed by atoms with E-state index in [1.165, 1.54) is 28.2 Å². The molecule has 116 valence electrons. The zero-order valence-corrected chi connectivity index (χ0v) is 13.5. The van der Waals surface area contributed by atoms with Crippen molar-refractivity contribution in [3.8, 4) is 5.69 Å². The van der Waals surface area contributed by atoms with Crippen molar-refractivity contribution < 1.29 is 0 Å². The average molecular weight is 303 g/mol. The van der Waals surface area contributed by atoms with Gasteiger partial charge in [-0.25, -0.2) is 0 Å². The fourth-order valence-corrected chi connectivity index (χ4v) is 3.31. The van der Waals surface area contributed by atoms with Gasteiger partial charge in [-0.05, 0) is 41.5 Å². The third-order valence-corrected chi connectivity index (χ3v) is 4.57. The Morgan fingerprint density at radius 1 is 0.957 bits per heavy atom. The molecule has 2 heterocycles. The molecule has 0 spiro atoms. The lowest BCUT2D eigenvalue weighted by Crippen LogP contribution is -2.21. The van der Waals surface area contributed by atoms with Crippen LogP contribution in [0.5, 0.6) is 0 Å². The summed E-state index contributed by atoms with van der Waals surface area (Å²) in [6, 6.07) is 22.0. The largest absolute Gasteiger partial charge is 0.378 e. The molecule has 3 aromatic rings. The molecule has 0 bridgehead atoms. The molecule has 1 aliphatic rings. The molecule has 1 N–H and O–H groups in total. The summed E-state index contributed by atoms with van der Waals surface area (Å²) >= 11 is 0. The number of hydrogen-bond acceptors (Lipinski definition) is 2. The second kappa shape index (κ2) is 5.60.